The highest BCUT2D eigenvalue weighted by Crippen LogP contribution is 1.86. The van der Waals surface area contributed by atoms with Crippen LogP contribution in [-0.4, -0.2) is 12.8 Å². The lowest BCUT2D eigenvalue weighted by atomic mass is 10.4. The number of nitrogens with one attached hydrogen (secondary N) is 1. The monoisotopic (exact) mass is 130 g/mol. The van der Waals surface area contributed by atoms with E-state index in [1.54, 1.807) is 6.08 Å². The summed E-state index contributed by atoms with van der Waals surface area (Å²) in [6, 6.07) is 0. The van der Waals surface area contributed by atoms with Crippen LogP contribution < -0.4 is 11.2 Å². The Kier molecular flexibility index (Phi) is 5.51. The van der Waals surface area contributed by atoms with Gasteiger partial charge in [0.2, 0.25) is 0 Å². The van der Waals surface area contributed by atoms with Crippen molar-refractivity contribution in [2.45, 2.75) is 19.6 Å². The molecule has 0 saturated carbocycles. The van der Waals surface area contributed by atoms with Crippen LogP contribution in [0.25, 0.3) is 0 Å². The summed E-state index contributed by atoms with van der Waals surface area (Å²) in [6.07, 6.45) is 2.59. The maximum Gasteiger partial charge on any atom is 0.129 e. The normalized spacial score (nSPS) is 13.1. The van der Waals surface area contributed by atoms with Crippen LogP contribution in [0.2, 0.25) is 0 Å². The minimum Gasteiger partial charge on any atom is -0.287 e. The predicted molar refractivity (Wildman–Crippen MR) is 37.6 cm³/mol. The van der Waals surface area contributed by atoms with Crippen molar-refractivity contribution >= 4 is 0 Å². The van der Waals surface area contributed by atoms with Crippen LogP contribution in [-0.2, 0) is 4.84 Å². The summed E-state index contributed by atoms with van der Waals surface area (Å²) in [6.45, 7) is 6.27. The van der Waals surface area contributed by atoms with E-state index >= 15 is 0 Å². The topological polar surface area (TPSA) is 47.3 Å². The zero-order chi connectivity index (χ0) is 7.11. The first-order valence-corrected chi connectivity index (χ1v) is 3.05. The summed E-state index contributed by atoms with van der Waals surface area (Å²) >= 11 is 0. The molecule has 0 bridgehead atoms. The Morgan fingerprint density at radius 1 is 1.89 bits per heavy atom. The van der Waals surface area contributed by atoms with Crippen LogP contribution in [0.15, 0.2) is 12.7 Å². The highest BCUT2D eigenvalue weighted by atomic mass is 16.6. The second-order valence-corrected chi connectivity index (χ2v) is 1.73. The Balaban J connectivity index is 3.19. The molecule has 3 N–H and O–H groups in total. The fraction of sp³-hybridized carbons (Fsp3) is 0.667. The smallest absolute Gasteiger partial charge is 0.129 e. The maximum atomic E-state index is 4.93. The molecule has 1 atom stereocenters. The maximum absolute atomic E-state index is 4.93. The van der Waals surface area contributed by atoms with Gasteiger partial charge in [0.1, 0.15) is 6.23 Å². The van der Waals surface area contributed by atoms with Crippen LogP contribution in [0.1, 0.15) is 13.3 Å². The molecule has 3 nitrogen and oxygen atoms in total. The molecule has 0 aromatic heterocycles. The van der Waals surface area contributed by atoms with Crippen molar-refractivity contribution in [2.75, 3.05) is 6.54 Å². The standard InChI is InChI=1S/C6H14N2O/c1-3-5-8-6(4-2)9-7/h3,6,8H,1,4-5,7H2,2H3. The number of nitrogens with two attached hydrogens (primary N) is 1. The molecule has 0 amide bonds. The van der Waals surface area contributed by atoms with Crippen LogP contribution in [0, 0.1) is 0 Å². The minimum atomic E-state index is -0.0389. The molecule has 0 spiro atoms. The average Bonchev–Trinajstić information content (AvgIpc) is 1.91. The van der Waals surface area contributed by atoms with Crippen LogP contribution in [0.5, 0.6) is 0 Å². The number of rotatable bonds is 5. The molecule has 3 heteroatoms. The van der Waals surface area contributed by atoms with Crippen molar-refractivity contribution in [1.29, 1.82) is 0 Å². The summed E-state index contributed by atoms with van der Waals surface area (Å²) < 4.78 is 0. The molecule has 0 aliphatic rings. The van der Waals surface area contributed by atoms with E-state index in [0.717, 1.165) is 13.0 Å². The van der Waals surface area contributed by atoms with E-state index in [2.05, 4.69) is 16.7 Å². The van der Waals surface area contributed by atoms with Crippen molar-refractivity contribution in [3.05, 3.63) is 12.7 Å². The summed E-state index contributed by atoms with van der Waals surface area (Å²) in [5, 5.41) is 3.00. The molecule has 9 heavy (non-hydrogen) atoms. The van der Waals surface area contributed by atoms with Gasteiger partial charge in [0.05, 0.1) is 0 Å². The van der Waals surface area contributed by atoms with Gasteiger partial charge in [-0.15, -0.1) is 6.58 Å². The van der Waals surface area contributed by atoms with Crippen molar-refractivity contribution in [2.24, 2.45) is 5.90 Å². The van der Waals surface area contributed by atoms with Gasteiger partial charge in [-0.05, 0) is 6.42 Å². The Hall–Kier alpha value is -0.380. The molecule has 0 aliphatic carbocycles. The first-order chi connectivity index (χ1) is 4.35. The zero-order valence-electron chi connectivity index (χ0n) is 5.76. The average molecular weight is 130 g/mol. The van der Waals surface area contributed by atoms with E-state index in [0.29, 0.717) is 0 Å². The van der Waals surface area contributed by atoms with E-state index in [9.17, 15) is 0 Å². The van der Waals surface area contributed by atoms with Gasteiger partial charge in [0.15, 0.2) is 0 Å². The first kappa shape index (κ1) is 8.62. The van der Waals surface area contributed by atoms with Crippen molar-refractivity contribution in [3.8, 4) is 0 Å². The Bertz CT molecular complexity index is 71.5. The summed E-state index contributed by atoms with van der Waals surface area (Å²) in [7, 11) is 0. The second kappa shape index (κ2) is 5.75. The molecule has 54 valence electrons. The molecule has 0 heterocycles. The molecule has 0 saturated heterocycles. The molecule has 0 aromatic carbocycles. The van der Waals surface area contributed by atoms with Gasteiger partial charge in [-0.2, -0.15) is 0 Å². The van der Waals surface area contributed by atoms with Crippen molar-refractivity contribution in [1.82, 2.24) is 5.32 Å². The van der Waals surface area contributed by atoms with Crippen LogP contribution in [0.3, 0.4) is 0 Å². The first-order valence-electron chi connectivity index (χ1n) is 3.05. The van der Waals surface area contributed by atoms with Crippen molar-refractivity contribution < 1.29 is 4.84 Å². The Morgan fingerprint density at radius 3 is 2.89 bits per heavy atom. The van der Waals surface area contributed by atoms with E-state index in [1.807, 2.05) is 6.92 Å². The van der Waals surface area contributed by atoms with Crippen LogP contribution in [0.4, 0.5) is 0 Å². The van der Waals surface area contributed by atoms with E-state index < -0.39 is 0 Å². The molecule has 0 rings (SSSR count). The summed E-state index contributed by atoms with van der Waals surface area (Å²) in [5.74, 6) is 4.93. The summed E-state index contributed by atoms with van der Waals surface area (Å²) in [4.78, 5) is 4.54. The molecule has 1 unspecified atom stereocenters. The minimum absolute atomic E-state index is 0.0389. The number of hydrogen-bond donors (Lipinski definition) is 2. The number of hydrogen-bond acceptors (Lipinski definition) is 3. The zero-order valence-corrected chi connectivity index (χ0v) is 5.76. The third kappa shape index (κ3) is 4.14. The molecular formula is C6H14N2O. The van der Waals surface area contributed by atoms with Gasteiger partial charge in [-0.25, -0.2) is 5.90 Å². The van der Waals surface area contributed by atoms with Gasteiger partial charge < -0.3 is 0 Å². The van der Waals surface area contributed by atoms with E-state index in [1.165, 1.54) is 0 Å². The molecule has 0 aliphatic heterocycles. The predicted octanol–water partition coefficient (Wildman–Crippen LogP) is 0.388. The lowest BCUT2D eigenvalue weighted by Crippen LogP contribution is -2.33. The molecule has 0 fully saturated rings. The molecular weight excluding hydrogens is 116 g/mol. The fourth-order valence-electron chi connectivity index (χ4n) is 0.503. The van der Waals surface area contributed by atoms with Gasteiger partial charge >= 0.3 is 0 Å². The van der Waals surface area contributed by atoms with Gasteiger partial charge in [0, 0.05) is 6.54 Å². The second-order valence-electron chi connectivity index (χ2n) is 1.73. The van der Waals surface area contributed by atoms with E-state index in [-0.39, 0.29) is 6.23 Å². The largest absolute Gasteiger partial charge is 0.287 e. The quantitative estimate of drug-likeness (QED) is 0.321. The van der Waals surface area contributed by atoms with Gasteiger partial charge in [0.25, 0.3) is 0 Å². The van der Waals surface area contributed by atoms with Gasteiger partial charge in [-0.3, -0.25) is 10.2 Å². The van der Waals surface area contributed by atoms with Crippen molar-refractivity contribution in [3.63, 3.8) is 0 Å². The highest BCUT2D eigenvalue weighted by Gasteiger charge is 1.99. The van der Waals surface area contributed by atoms with E-state index in [4.69, 9.17) is 5.90 Å². The molecule has 0 aromatic rings. The lowest BCUT2D eigenvalue weighted by molar-refractivity contribution is 0.0292. The Labute approximate surface area is 55.8 Å². The molecule has 0 radical (unpaired) electrons. The SMILES string of the molecule is C=CCNC(CC)ON. The summed E-state index contributed by atoms with van der Waals surface area (Å²) in [5.41, 5.74) is 0. The Morgan fingerprint density at radius 2 is 2.56 bits per heavy atom. The third-order valence-corrected chi connectivity index (χ3v) is 1.02. The fourth-order valence-corrected chi connectivity index (χ4v) is 0.503. The van der Waals surface area contributed by atoms with Crippen LogP contribution >= 0.6 is 0 Å². The lowest BCUT2D eigenvalue weighted by Gasteiger charge is -2.11. The van der Waals surface area contributed by atoms with Gasteiger partial charge in [-0.1, -0.05) is 13.0 Å². The highest BCUT2D eigenvalue weighted by molar-refractivity contribution is 4.70. The third-order valence-electron chi connectivity index (χ3n) is 1.02.